The highest BCUT2D eigenvalue weighted by atomic mass is 14.9. The summed E-state index contributed by atoms with van der Waals surface area (Å²) in [5, 5.41) is 3.46. The van der Waals surface area contributed by atoms with Crippen molar-refractivity contribution in [2.75, 3.05) is 13.1 Å². The lowest BCUT2D eigenvalue weighted by atomic mass is 9.89. The second-order valence-corrected chi connectivity index (χ2v) is 5.28. The van der Waals surface area contributed by atoms with E-state index < -0.39 is 0 Å². The standard InChI is InChI=1S/C14H19N/c1-11-2-4-12(5-3-11)13-10-14(13)6-8-15-9-7-14/h2-5,13,15H,6-10H2,1H3/t13-/m1/s1. The first kappa shape index (κ1) is 9.41. The predicted octanol–water partition coefficient (Wildman–Crippen LogP) is 2.85. The van der Waals surface area contributed by atoms with Gasteiger partial charge in [0.05, 0.1) is 0 Å². The first-order valence-corrected chi connectivity index (χ1v) is 6.07. The normalized spacial score (nSPS) is 27.9. The molecule has 0 aromatic heterocycles. The summed E-state index contributed by atoms with van der Waals surface area (Å²) in [6.45, 7) is 4.61. The molecule has 0 radical (unpaired) electrons. The van der Waals surface area contributed by atoms with E-state index in [0.717, 1.165) is 5.92 Å². The van der Waals surface area contributed by atoms with Crippen LogP contribution in [0.25, 0.3) is 0 Å². The number of nitrogens with one attached hydrogen (secondary N) is 1. The lowest BCUT2D eigenvalue weighted by molar-refractivity contribution is 0.342. The highest BCUT2D eigenvalue weighted by Gasteiger charge is 2.54. The average molecular weight is 201 g/mol. The van der Waals surface area contributed by atoms with E-state index in [2.05, 4.69) is 36.5 Å². The Hall–Kier alpha value is -0.820. The predicted molar refractivity (Wildman–Crippen MR) is 63.1 cm³/mol. The molecule has 15 heavy (non-hydrogen) atoms. The average Bonchev–Trinajstić information content (AvgIpc) is 2.94. The molecule has 80 valence electrons. The number of hydrogen-bond donors (Lipinski definition) is 1. The lowest BCUT2D eigenvalue weighted by Crippen LogP contribution is -2.29. The Kier molecular flexibility index (Phi) is 2.10. The summed E-state index contributed by atoms with van der Waals surface area (Å²) in [6.07, 6.45) is 4.19. The molecule has 1 heterocycles. The first-order valence-electron chi connectivity index (χ1n) is 6.07. The van der Waals surface area contributed by atoms with Gasteiger partial charge in [0.2, 0.25) is 0 Å². The molecule has 1 saturated carbocycles. The van der Waals surface area contributed by atoms with Crippen LogP contribution < -0.4 is 5.32 Å². The van der Waals surface area contributed by atoms with E-state index in [-0.39, 0.29) is 0 Å². The molecular weight excluding hydrogens is 182 g/mol. The fourth-order valence-corrected chi connectivity index (χ4v) is 3.10. The molecule has 1 aliphatic heterocycles. The zero-order chi connectivity index (χ0) is 10.3. The van der Waals surface area contributed by atoms with Crippen molar-refractivity contribution in [2.45, 2.75) is 32.1 Å². The molecule has 0 amide bonds. The summed E-state index contributed by atoms with van der Waals surface area (Å²) in [4.78, 5) is 0. The molecule has 2 aliphatic rings. The van der Waals surface area contributed by atoms with E-state index in [0.29, 0.717) is 5.41 Å². The van der Waals surface area contributed by atoms with E-state index in [1.807, 2.05) is 0 Å². The van der Waals surface area contributed by atoms with Crippen LogP contribution >= 0.6 is 0 Å². The molecule has 0 unspecified atom stereocenters. The Morgan fingerprint density at radius 1 is 1.13 bits per heavy atom. The van der Waals surface area contributed by atoms with Crippen LogP contribution in [-0.4, -0.2) is 13.1 Å². The molecule has 1 aromatic rings. The molecule has 3 rings (SSSR count). The van der Waals surface area contributed by atoms with Gasteiger partial charge < -0.3 is 5.32 Å². The van der Waals surface area contributed by atoms with Gasteiger partial charge in [0, 0.05) is 0 Å². The van der Waals surface area contributed by atoms with Crippen molar-refractivity contribution < 1.29 is 0 Å². The van der Waals surface area contributed by atoms with Gasteiger partial charge in [0.25, 0.3) is 0 Å². The summed E-state index contributed by atoms with van der Waals surface area (Å²) in [7, 11) is 0. The third-order valence-corrected chi connectivity index (χ3v) is 4.27. The highest BCUT2D eigenvalue weighted by molar-refractivity contribution is 5.32. The fraction of sp³-hybridized carbons (Fsp3) is 0.571. The minimum Gasteiger partial charge on any atom is -0.317 e. The number of hydrogen-bond acceptors (Lipinski definition) is 1. The summed E-state index contributed by atoms with van der Waals surface area (Å²) >= 11 is 0. The van der Waals surface area contributed by atoms with Gasteiger partial charge in [-0.25, -0.2) is 0 Å². The summed E-state index contributed by atoms with van der Waals surface area (Å²) in [5.74, 6) is 0.861. The lowest BCUT2D eigenvalue weighted by Gasteiger charge is -2.23. The Balaban J connectivity index is 1.77. The van der Waals surface area contributed by atoms with Gasteiger partial charge in [-0.3, -0.25) is 0 Å². The van der Waals surface area contributed by atoms with Gasteiger partial charge >= 0.3 is 0 Å². The van der Waals surface area contributed by atoms with Crippen LogP contribution in [0.5, 0.6) is 0 Å². The van der Waals surface area contributed by atoms with Crippen molar-refractivity contribution in [3.63, 3.8) is 0 Å². The molecular formula is C14H19N. The molecule has 1 heteroatoms. The smallest absolute Gasteiger partial charge is 0.00434 e. The zero-order valence-electron chi connectivity index (χ0n) is 9.42. The molecule has 1 saturated heterocycles. The van der Waals surface area contributed by atoms with Crippen molar-refractivity contribution in [3.05, 3.63) is 35.4 Å². The van der Waals surface area contributed by atoms with Crippen molar-refractivity contribution >= 4 is 0 Å². The monoisotopic (exact) mass is 201 g/mol. The molecule has 0 bridgehead atoms. The topological polar surface area (TPSA) is 12.0 Å². The number of aryl methyl sites for hydroxylation is 1. The maximum Gasteiger partial charge on any atom is -0.00434 e. The summed E-state index contributed by atoms with van der Waals surface area (Å²) in [6, 6.07) is 9.17. The zero-order valence-corrected chi connectivity index (χ0v) is 9.42. The van der Waals surface area contributed by atoms with Crippen molar-refractivity contribution in [1.29, 1.82) is 0 Å². The molecule has 2 fully saturated rings. The SMILES string of the molecule is Cc1ccc([C@H]2CC23CCNCC3)cc1. The van der Waals surface area contributed by atoms with Crippen LogP contribution in [0.1, 0.15) is 36.3 Å². The van der Waals surface area contributed by atoms with Crippen molar-refractivity contribution in [3.8, 4) is 0 Å². The van der Waals surface area contributed by atoms with E-state index in [9.17, 15) is 0 Å². The Morgan fingerprint density at radius 3 is 2.47 bits per heavy atom. The molecule has 1 nitrogen and oxygen atoms in total. The van der Waals surface area contributed by atoms with Gasteiger partial charge in [-0.1, -0.05) is 29.8 Å². The number of rotatable bonds is 1. The molecule has 1 aromatic carbocycles. The van der Waals surface area contributed by atoms with Gasteiger partial charge in [0.15, 0.2) is 0 Å². The van der Waals surface area contributed by atoms with Gasteiger partial charge in [-0.15, -0.1) is 0 Å². The second-order valence-electron chi connectivity index (χ2n) is 5.28. The minimum atomic E-state index is 0.681. The van der Waals surface area contributed by atoms with Crippen molar-refractivity contribution in [2.24, 2.45) is 5.41 Å². The Labute approximate surface area is 91.9 Å². The Morgan fingerprint density at radius 2 is 1.80 bits per heavy atom. The van der Waals surface area contributed by atoms with E-state index in [1.54, 1.807) is 5.56 Å². The fourth-order valence-electron chi connectivity index (χ4n) is 3.10. The highest BCUT2D eigenvalue weighted by Crippen LogP contribution is 2.64. The molecule has 1 aliphatic carbocycles. The van der Waals surface area contributed by atoms with Gasteiger partial charge in [-0.2, -0.15) is 0 Å². The van der Waals surface area contributed by atoms with Crippen LogP contribution in [0.15, 0.2) is 24.3 Å². The maximum absolute atomic E-state index is 3.46. The van der Waals surface area contributed by atoms with Gasteiger partial charge in [0.1, 0.15) is 0 Å². The maximum atomic E-state index is 3.46. The summed E-state index contributed by atoms with van der Waals surface area (Å²) in [5.41, 5.74) is 3.63. The number of piperidine rings is 1. The van der Waals surface area contributed by atoms with E-state index in [4.69, 9.17) is 0 Å². The van der Waals surface area contributed by atoms with Crippen LogP contribution in [0, 0.1) is 12.3 Å². The van der Waals surface area contributed by atoms with Gasteiger partial charge in [-0.05, 0) is 56.2 Å². The Bertz CT molecular complexity index is 346. The quantitative estimate of drug-likeness (QED) is 0.736. The first-order chi connectivity index (χ1) is 7.30. The molecule has 1 spiro atoms. The van der Waals surface area contributed by atoms with Crippen LogP contribution in [-0.2, 0) is 0 Å². The van der Waals surface area contributed by atoms with Crippen LogP contribution in [0.4, 0.5) is 0 Å². The third-order valence-electron chi connectivity index (χ3n) is 4.27. The van der Waals surface area contributed by atoms with E-state index >= 15 is 0 Å². The molecule has 1 atom stereocenters. The van der Waals surface area contributed by atoms with Crippen LogP contribution in [0.2, 0.25) is 0 Å². The minimum absolute atomic E-state index is 0.681. The number of benzene rings is 1. The van der Waals surface area contributed by atoms with Crippen LogP contribution in [0.3, 0.4) is 0 Å². The van der Waals surface area contributed by atoms with E-state index in [1.165, 1.54) is 37.9 Å². The second kappa shape index (κ2) is 3.34. The molecule has 1 N–H and O–H groups in total. The largest absolute Gasteiger partial charge is 0.317 e. The van der Waals surface area contributed by atoms with Crippen molar-refractivity contribution in [1.82, 2.24) is 5.32 Å². The summed E-state index contributed by atoms with van der Waals surface area (Å²) < 4.78 is 0. The third kappa shape index (κ3) is 1.59.